The first-order valence-electron chi connectivity index (χ1n) is 11.0. The van der Waals surface area contributed by atoms with Crippen molar-refractivity contribution in [2.45, 2.75) is 75.7 Å². The van der Waals surface area contributed by atoms with Crippen LogP contribution >= 0.6 is 0 Å². The highest BCUT2D eigenvalue weighted by Gasteiger charge is 2.39. The number of para-hydroxylation sites is 1. The summed E-state index contributed by atoms with van der Waals surface area (Å²) in [5, 5.41) is 0. The van der Waals surface area contributed by atoms with Crippen LogP contribution in [-0.2, 0) is 19.6 Å². The Labute approximate surface area is 179 Å². The molecule has 166 valence electrons. The van der Waals surface area contributed by atoms with E-state index in [0.717, 1.165) is 44.1 Å². The van der Waals surface area contributed by atoms with Gasteiger partial charge in [0, 0.05) is 12.6 Å². The number of benzene rings is 1. The van der Waals surface area contributed by atoms with Gasteiger partial charge in [0.05, 0.1) is 25.0 Å². The number of hydrogen-bond acceptors (Lipinski definition) is 5. The molecular weight excluding hydrogens is 404 g/mol. The van der Waals surface area contributed by atoms with Crippen LogP contribution < -0.4 is 9.46 Å². The molecule has 1 saturated heterocycles. The zero-order valence-electron chi connectivity index (χ0n) is 17.7. The van der Waals surface area contributed by atoms with E-state index in [1.165, 1.54) is 5.56 Å². The summed E-state index contributed by atoms with van der Waals surface area (Å²) in [6.07, 6.45) is 6.05. The van der Waals surface area contributed by atoms with Crippen LogP contribution in [0.15, 0.2) is 24.3 Å². The third-order valence-electron chi connectivity index (χ3n) is 6.61. The number of nitrogens with zero attached hydrogens (tertiary/aromatic N) is 1. The van der Waals surface area contributed by atoms with Crippen LogP contribution in [0.4, 0.5) is 0 Å². The molecule has 1 aliphatic carbocycles. The first kappa shape index (κ1) is 21.6. The second-order valence-electron chi connectivity index (χ2n) is 8.84. The summed E-state index contributed by atoms with van der Waals surface area (Å²) in [7, 11) is -3.39. The Morgan fingerprint density at radius 2 is 1.83 bits per heavy atom. The van der Waals surface area contributed by atoms with Crippen LogP contribution in [0.3, 0.4) is 0 Å². The van der Waals surface area contributed by atoms with Crippen molar-refractivity contribution in [1.82, 2.24) is 9.62 Å². The van der Waals surface area contributed by atoms with Crippen molar-refractivity contribution < 1.29 is 22.7 Å². The number of piperidine rings is 1. The van der Waals surface area contributed by atoms with Crippen LogP contribution in [0.2, 0.25) is 0 Å². The van der Waals surface area contributed by atoms with E-state index in [4.69, 9.17) is 9.47 Å². The molecule has 0 unspecified atom stereocenters. The van der Waals surface area contributed by atoms with Crippen molar-refractivity contribution in [1.29, 1.82) is 0 Å². The van der Waals surface area contributed by atoms with E-state index in [2.05, 4.69) is 10.8 Å². The average Bonchev–Trinajstić information content (AvgIpc) is 2.72. The van der Waals surface area contributed by atoms with Crippen LogP contribution in [0.25, 0.3) is 0 Å². The second-order valence-corrected chi connectivity index (χ2v) is 10.6. The SMILES string of the molecule is C[C@@H]1Oc2ccccc2[C@H]2CC[C@H](CC2)OC[C@H]2[C@@H](NS(C)(=O)=O)CCCN2C1=O. The quantitative estimate of drug-likeness (QED) is 0.770. The topological polar surface area (TPSA) is 84.9 Å². The van der Waals surface area contributed by atoms with Gasteiger partial charge in [-0.2, -0.15) is 0 Å². The standard InChI is InChI=1S/C22H32N2O5S/c1-15-22(25)24-13-5-7-19(23-30(2,26)27)20(24)14-28-17-11-9-16(10-12-17)18-6-3-4-8-21(18)29-15/h3-4,6,8,15-17,19-20,23H,5,7,9-14H2,1-2H3/t15-,16-,17+,19-,20-/m0/s1. The summed E-state index contributed by atoms with van der Waals surface area (Å²) in [6.45, 7) is 2.70. The van der Waals surface area contributed by atoms with Crippen LogP contribution in [-0.4, -0.2) is 62.9 Å². The first-order chi connectivity index (χ1) is 14.3. The molecule has 1 saturated carbocycles. The van der Waals surface area contributed by atoms with Gasteiger partial charge in [0.25, 0.3) is 5.91 Å². The fraction of sp³-hybridized carbons (Fsp3) is 0.682. The van der Waals surface area contributed by atoms with Crippen molar-refractivity contribution in [2.75, 3.05) is 19.4 Å². The Kier molecular flexibility index (Phi) is 6.36. The Bertz CT molecular complexity index is 866. The maximum absolute atomic E-state index is 13.3. The number of ether oxygens (including phenoxy) is 2. The molecule has 2 fully saturated rings. The van der Waals surface area contributed by atoms with Gasteiger partial charge in [-0.05, 0) is 63.0 Å². The van der Waals surface area contributed by atoms with Gasteiger partial charge in [0.15, 0.2) is 6.10 Å². The molecule has 0 spiro atoms. The molecule has 8 heteroatoms. The number of rotatable bonds is 2. The number of amides is 1. The molecule has 2 bridgehead atoms. The molecule has 1 N–H and O–H groups in total. The number of nitrogens with one attached hydrogen (secondary N) is 1. The molecule has 7 nitrogen and oxygen atoms in total. The molecule has 0 radical (unpaired) electrons. The maximum Gasteiger partial charge on any atom is 0.263 e. The van der Waals surface area contributed by atoms with Gasteiger partial charge in [-0.15, -0.1) is 0 Å². The van der Waals surface area contributed by atoms with E-state index >= 15 is 0 Å². The van der Waals surface area contributed by atoms with Crippen LogP contribution in [0, 0.1) is 0 Å². The zero-order chi connectivity index (χ0) is 21.3. The lowest BCUT2D eigenvalue weighted by Gasteiger charge is -2.42. The molecule has 0 aromatic heterocycles. The van der Waals surface area contributed by atoms with Gasteiger partial charge in [-0.1, -0.05) is 18.2 Å². The summed E-state index contributed by atoms with van der Waals surface area (Å²) >= 11 is 0. The predicted octanol–water partition coefficient (Wildman–Crippen LogP) is 2.42. The Morgan fingerprint density at radius 1 is 1.10 bits per heavy atom. The van der Waals surface area contributed by atoms with Gasteiger partial charge < -0.3 is 14.4 Å². The van der Waals surface area contributed by atoms with Crippen LogP contribution in [0.1, 0.15) is 56.9 Å². The lowest BCUT2D eigenvalue weighted by Crippen LogP contribution is -2.60. The molecule has 3 atom stereocenters. The summed E-state index contributed by atoms with van der Waals surface area (Å²) in [5.41, 5.74) is 1.17. The average molecular weight is 437 g/mol. The molecule has 1 amide bonds. The highest BCUT2D eigenvalue weighted by atomic mass is 32.2. The second kappa shape index (κ2) is 8.85. The van der Waals surface area contributed by atoms with E-state index in [1.54, 1.807) is 11.8 Å². The van der Waals surface area contributed by atoms with E-state index in [9.17, 15) is 13.2 Å². The van der Waals surface area contributed by atoms with E-state index < -0.39 is 16.1 Å². The number of sulfonamides is 1. The van der Waals surface area contributed by atoms with E-state index in [0.29, 0.717) is 25.5 Å². The maximum atomic E-state index is 13.3. The van der Waals surface area contributed by atoms with Gasteiger partial charge in [-0.3, -0.25) is 4.79 Å². The summed E-state index contributed by atoms with van der Waals surface area (Å²) < 4.78 is 39.0. The van der Waals surface area contributed by atoms with Crippen molar-refractivity contribution >= 4 is 15.9 Å². The van der Waals surface area contributed by atoms with Crippen LogP contribution in [0.5, 0.6) is 5.75 Å². The van der Waals surface area contributed by atoms with Gasteiger partial charge >= 0.3 is 0 Å². The summed E-state index contributed by atoms with van der Waals surface area (Å²) in [5.74, 6) is 1.07. The molecule has 30 heavy (non-hydrogen) atoms. The van der Waals surface area contributed by atoms with Gasteiger partial charge in [0.1, 0.15) is 5.75 Å². The molecular formula is C22H32N2O5S. The summed E-state index contributed by atoms with van der Waals surface area (Å²) in [4.78, 5) is 15.1. The monoisotopic (exact) mass is 436 g/mol. The lowest BCUT2D eigenvalue weighted by molar-refractivity contribution is -0.145. The van der Waals surface area contributed by atoms with Gasteiger partial charge in [0.2, 0.25) is 10.0 Å². The fourth-order valence-corrected chi connectivity index (χ4v) is 5.95. The summed E-state index contributed by atoms with van der Waals surface area (Å²) in [6, 6.07) is 7.34. The fourth-order valence-electron chi connectivity index (χ4n) is 5.12. The normalized spacial score (nSPS) is 32.8. The first-order valence-corrected chi connectivity index (χ1v) is 12.9. The molecule has 3 heterocycles. The third-order valence-corrected chi connectivity index (χ3v) is 7.35. The smallest absolute Gasteiger partial charge is 0.263 e. The Morgan fingerprint density at radius 3 is 2.57 bits per heavy atom. The molecule has 4 aliphatic rings. The highest BCUT2D eigenvalue weighted by molar-refractivity contribution is 7.88. The minimum absolute atomic E-state index is 0.120. The lowest BCUT2D eigenvalue weighted by atomic mass is 9.82. The number of carbonyl (C=O) groups excluding carboxylic acids is 1. The molecule has 1 aromatic carbocycles. The number of hydrogen-bond donors (Lipinski definition) is 1. The zero-order valence-corrected chi connectivity index (χ0v) is 18.6. The third kappa shape index (κ3) is 4.81. The number of carbonyl (C=O) groups is 1. The van der Waals surface area contributed by atoms with Crippen molar-refractivity contribution in [3.63, 3.8) is 0 Å². The minimum Gasteiger partial charge on any atom is -0.481 e. The molecule has 5 rings (SSSR count). The molecule has 1 aromatic rings. The van der Waals surface area contributed by atoms with E-state index in [-0.39, 0.29) is 24.1 Å². The largest absolute Gasteiger partial charge is 0.481 e. The Balaban J connectivity index is 1.65. The molecule has 3 aliphatic heterocycles. The number of fused-ring (bicyclic) bond motifs is 5. The van der Waals surface area contributed by atoms with Crippen molar-refractivity contribution in [3.05, 3.63) is 29.8 Å². The van der Waals surface area contributed by atoms with Crippen molar-refractivity contribution in [3.8, 4) is 5.75 Å². The predicted molar refractivity (Wildman–Crippen MR) is 114 cm³/mol. The van der Waals surface area contributed by atoms with Crippen molar-refractivity contribution in [2.24, 2.45) is 0 Å². The highest BCUT2D eigenvalue weighted by Crippen LogP contribution is 2.39. The minimum atomic E-state index is -3.39. The Hall–Kier alpha value is -1.64. The van der Waals surface area contributed by atoms with E-state index in [1.807, 2.05) is 18.2 Å². The van der Waals surface area contributed by atoms with Gasteiger partial charge in [-0.25, -0.2) is 13.1 Å².